The number of amides is 1. The molecule has 180 valence electrons. The number of likely N-dealkylation sites (tertiary alicyclic amines) is 1. The lowest BCUT2D eigenvalue weighted by atomic mass is 10.0. The molecule has 1 aliphatic rings. The Bertz CT molecular complexity index is 838. The van der Waals surface area contributed by atoms with E-state index in [-0.39, 0.29) is 36.4 Å². The van der Waals surface area contributed by atoms with Gasteiger partial charge in [-0.25, -0.2) is 4.99 Å². The summed E-state index contributed by atoms with van der Waals surface area (Å²) in [6, 6.07) is 21.1. The smallest absolute Gasteiger partial charge is 0.244 e. The molecular weight excluding hydrogens is 525 g/mol. The largest absolute Gasteiger partial charge is 0.357 e. The molecule has 0 aromatic heterocycles. The van der Waals surface area contributed by atoms with Crippen molar-refractivity contribution in [2.45, 2.75) is 45.8 Å². The highest BCUT2D eigenvalue weighted by molar-refractivity contribution is 14.0. The molecule has 1 saturated heterocycles. The van der Waals surface area contributed by atoms with E-state index < -0.39 is 0 Å². The van der Waals surface area contributed by atoms with Gasteiger partial charge in [-0.15, -0.1) is 24.0 Å². The van der Waals surface area contributed by atoms with E-state index in [1.807, 2.05) is 30.0 Å². The van der Waals surface area contributed by atoms with Gasteiger partial charge in [0.05, 0.1) is 0 Å². The fourth-order valence-electron chi connectivity index (χ4n) is 4.02. The number of hydrogen-bond acceptors (Lipinski definition) is 3. The van der Waals surface area contributed by atoms with Gasteiger partial charge in [-0.1, -0.05) is 60.7 Å². The number of nitrogens with zero attached hydrogens (tertiary/aromatic N) is 3. The number of piperidine rings is 1. The summed E-state index contributed by atoms with van der Waals surface area (Å²) >= 11 is 0. The number of guanidine groups is 1. The highest BCUT2D eigenvalue weighted by atomic mass is 127. The van der Waals surface area contributed by atoms with E-state index in [0.717, 1.165) is 50.5 Å². The average Bonchev–Trinajstić information content (AvgIpc) is 2.83. The van der Waals surface area contributed by atoms with E-state index in [1.165, 1.54) is 5.56 Å². The fourth-order valence-corrected chi connectivity index (χ4v) is 4.02. The molecule has 3 rings (SSSR count). The van der Waals surface area contributed by atoms with E-state index in [9.17, 15) is 4.79 Å². The first-order valence-electron chi connectivity index (χ1n) is 11.8. The summed E-state index contributed by atoms with van der Waals surface area (Å²) in [4.78, 5) is 21.7. The molecule has 7 heteroatoms. The van der Waals surface area contributed by atoms with E-state index >= 15 is 0 Å². The Labute approximate surface area is 215 Å². The molecule has 1 fully saturated rings. The molecule has 0 saturated carbocycles. The van der Waals surface area contributed by atoms with Gasteiger partial charge in [-0.2, -0.15) is 0 Å². The Morgan fingerprint density at radius 2 is 1.61 bits per heavy atom. The zero-order valence-electron chi connectivity index (χ0n) is 19.9. The molecule has 0 unspecified atom stereocenters. The van der Waals surface area contributed by atoms with Crippen molar-refractivity contribution < 1.29 is 4.79 Å². The third kappa shape index (κ3) is 9.33. The van der Waals surface area contributed by atoms with Gasteiger partial charge >= 0.3 is 0 Å². The Kier molecular flexibility index (Phi) is 12.2. The van der Waals surface area contributed by atoms with Gasteiger partial charge in [0.25, 0.3) is 0 Å². The van der Waals surface area contributed by atoms with Crippen molar-refractivity contribution in [2.75, 3.05) is 32.7 Å². The van der Waals surface area contributed by atoms with Crippen LogP contribution < -0.4 is 10.6 Å². The number of carbonyl (C=O) groups excluding carboxylic acids is 1. The van der Waals surface area contributed by atoms with Crippen molar-refractivity contribution in [3.05, 3.63) is 71.8 Å². The Morgan fingerprint density at radius 3 is 2.18 bits per heavy atom. The first-order chi connectivity index (χ1) is 15.7. The number of rotatable bonds is 9. The van der Waals surface area contributed by atoms with E-state index in [2.05, 4.69) is 69.9 Å². The molecule has 0 atom stereocenters. The highest BCUT2D eigenvalue weighted by Gasteiger charge is 2.20. The van der Waals surface area contributed by atoms with Crippen molar-refractivity contribution in [2.24, 2.45) is 4.99 Å². The number of aliphatic imine (C=N–C) groups is 1. The van der Waals surface area contributed by atoms with Gasteiger partial charge in [0.15, 0.2) is 5.96 Å². The number of carbonyl (C=O) groups is 1. The van der Waals surface area contributed by atoms with Gasteiger partial charge in [0.2, 0.25) is 5.91 Å². The third-order valence-electron chi connectivity index (χ3n) is 5.84. The maximum Gasteiger partial charge on any atom is 0.244 e. The Hall–Kier alpha value is -2.13. The molecule has 2 aromatic carbocycles. The van der Waals surface area contributed by atoms with Crippen LogP contribution in [0.25, 0.3) is 0 Å². The molecule has 0 bridgehead atoms. The van der Waals surface area contributed by atoms with Crippen molar-refractivity contribution in [3.8, 4) is 0 Å². The second-order valence-corrected chi connectivity index (χ2v) is 8.27. The Morgan fingerprint density at radius 1 is 1.00 bits per heavy atom. The lowest BCUT2D eigenvalue weighted by Gasteiger charge is -2.33. The summed E-state index contributed by atoms with van der Waals surface area (Å²) in [6.07, 6.45) is 2.14. The molecule has 6 nitrogen and oxygen atoms in total. The molecule has 2 N–H and O–H groups in total. The molecular formula is C26H38IN5O. The molecule has 1 amide bonds. The van der Waals surface area contributed by atoms with Gasteiger partial charge in [-0.05, 0) is 37.8 Å². The van der Waals surface area contributed by atoms with Gasteiger partial charge in [0, 0.05) is 45.3 Å². The van der Waals surface area contributed by atoms with Crippen LogP contribution in [-0.2, 0) is 17.9 Å². The second-order valence-electron chi connectivity index (χ2n) is 8.27. The topological polar surface area (TPSA) is 60.0 Å². The maximum atomic E-state index is 12.8. The maximum absolute atomic E-state index is 12.8. The molecule has 2 aromatic rings. The SMILES string of the molecule is CCNC(=NCC(=O)N(CC)Cc1ccccc1)NC1CCN(Cc2ccccc2)CC1.I. The number of halogens is 1. The van der Waals surface area contributed by atoms with Crippen molar-refractivity contribution in [3.63, 3.8) is 0 Å². The van der Waals surface area contributed by atoms with Crippen molar-refractivity contribution in [1.29, 1.82) is 0 Å². The molecule has 0 radical (unpaired) electrons. The fraction of sp³-hybridized carbons (Fsp3) is 0.462. The molecule has 0 aliphatic carbocycles. The zero-order valence-corrected chi connectivity index (χ0v) is 22.2. The van der Waals surface area contributed by atoms with Crippen LogP contribution in [0.4, 0.5) is 0 Å². The van der Waals surface area contributed by atoms with Crippen molar-refractivity contribution >= 4 is 35.8 Å². The van der Waals surface area contributed by atoms with E-state index in [4.69, 9.17) is 0 Å². The van der Waals surface area contributed by atoms with E-state index in [1.54, 1.807) is 0 Å². The second kappa shape index (κ2) is 14.9. The monoisotopic (exact) mass is 563 g/mol. The van der Waals surface area contributed by atoms with E-state index in [0.29, 0.717) is 19.1 Å². The zero-order chi connectivity index (χ0) is 22.6. The van der Waals surface area contributed by atoms with Gasteiger partial charge < -0.3 is 15.5 Å². The lowest BCUT2D eigenvalue weighted by Crippen LogP contribution is -2.48. The number of benzene rings is 2. The summed E-state index contributed by atoms with van der Waals surface area (Å²) in [5.41, 5.74) is 2.50. The lowest BCUT2D eigenvalue weighted by molar-refractivity contribution is -0.130. The highest BCUT2D eigenvalue weighted by Crippen LogP contribution is 2.14. The first kappa shape index (κ1) is 27.1. The summed E-state index contributed by atoms with van der Waals surface area (Å²) < 4.78 is 0. The molecule has 1 heterocycles. The minimum absolute atomic E-state index is 0. The predicted octanol–water partition coefficient (Wildman–Crippen LogP) is 3.87. The third-order valence-corrected chi connectivity index (χ3v) is 5.84. The van der Waals surface area contributed by atoms with Gasteiger partial charge in [-0.3, -0.25) is 9.69 Å². The van der Waals surface area contributed by atoms with Crippen LogP contribution in [-0.4, -0.2) is 60.4 Å². The normalized spacial score (nSPS) is 14.9. The minimum Gasteiger partial charge on any atom is -0.357 e. The summed E-state index contributed by atoms with van der Waals surface area (Å²) in [6.45, 7) is 9.41. The predicted molar refractivity (Wildman–Crippen MR) is 147 cm³/mol. The summed E-state index contributed by atoms with van der Waals surface area (Å²) in [7, 11) is 0. The average molecular weight is 564 g/mol. The molecule has 33 heavy (non-hydrogen) atoms. The van der Waals surface area contributed by atoms with Crippen molar-refractivity contribution in [1.82, 2.24) is 20.4 Å². The summed E-state index contributed by atoms with van der Waals surface area (Å²) in [5.74, 6) is 0.782. The number of nitrogens with one attached hydrogen (secondary N) is 2. The van der Waals surface area contributed by atoms with Crippen LogP contribution in [0.1, 0.15) is 37.8 Å². The molecule has 1 aliphatic heterocycles. The minimum atomic E-state index is 0. The van der Waals surface area contributed by atoms with Gasteiger partial charge in [0.1, 0.15) is 6.54 Å². The van der Waals surface area contributed by atoms with Crippen LogP contribution >= 0.6 is 24.0 Å². The van der Waals surface area contributed by atoms with Crippen LogP contribution in [0.5, 0.6) is 0 Å². The van der Waals surface area contributed by atoms with Crippen LogP contribution in [0, 0.1) is 0 Å². The number of hydrogen-bond donors (Lipinski definition) is 2. The standard InChI is InChI=1S/C26H37N5O.HI/c1-3-27-26(28-19-25(32)31(4-2)21-23-13-9-6-10-14-23)29-24-15-17-30(18-16-24)20-22-11-7-5-8-12-22;/h5-14,24H,3-4,15-21H2,1-2H3,(H2,27,28,29);1H. The summed E-state index contributed by atoms with van der Waals surface area (Å²) in [5, 5.41) is 6.84. The van der Waals surface area contributed by atoms with Crippen LogP contribution in [0.2, 0.25) is 0 Å². The Balaban J connectivity index is 0.00000385. The van der Waals surface area contributed by atoms with Crippen LogP contribution in [0.15, 0.2) is 65.7 Å². The van der Waals surface area contributed by atoms with Crippen LogP contribution in [0.3, 0.4) is 0 Å². The first-order valence-corrected chi connectivity index (χ1v) is 11.8. The quantitative estimate of drug-likeness (QED) is 0.277. The molecule has 0 spiro atoms. The number of likely N-dealkylation sites (N-methyl/N-ethyl adjacent to an activating group) is 1.